The second kappa shape index (κ2) is 2.87. The maximum atomic E-state index is 9.42. The summed E-state index contributed by atoms with van der Waals surface area (Å²) >= 11 is -2.18. The zero-order valence-electron chi connectivity index (χ0n) is 3.01. The number of hydrogen-bond acceptors (Lipinski definition) is 2. The van der Waals surface area contributed by atoms with Gasteiger partial charge in [0.1, 0.15) is 0 Å². The molecule has 0 saturated carbocycles. The molecule has 0 aliphatic carbocycles. The van der Waals surface area contributed by atoms with E-state index < -0.39 is 11.3 Å². The molecule has 0 aliphatic heterocycles. The van der Waals surface area contributed by atoms with Gasteiger partial charge in [-0.3, -0.25) is 4.21 Å². The fourth-order valence-electron chi connectivity index (χ4n) is 0.0680. The van der Waals surface area contributed by atoms with E-state index in [1.165, 1.54) is 0 Å². The van der Waals surface area contributed by atoms with Crippen molar-refractivity contribution in [2.24, 2.45) is 0 Å². The third kappa shape index (κ3) is 3.65. The van der Waals surface area contributed by atoms with Gasteiger partial charge >= 0.3 is 0 Å². The van der Waals surface area contributed by atoms with Crippen LogP contribution < -0.4 is 4.72 Å². The minimum Gasteiger partial charge on any atom is -0.755 e. The van der Waals surface area contributed by atoms with Gasteiger partial charge in [0.15, 0.2) is 0 Å². The van der Waals surface area contributed by atoms with E-state index in [1.54, 1.807) is 0 Å². The first kappa shape index (κ1) is 5.65. The van der Waals surface area contributed by atoms with Crippen molar-refractivity contribution in [3.63, 3.8) is 0 Å². The molecule has 0 aromatic heterocycles. The van der Waals surface area contributed by atoms with Gasteiger partial charge in [0.2, 0.25) is 0 Å². The van der Waals surface area contributed by atoms with Crippen molar-refractivity contribution in [2.75, 3.05) is 0 Å². The van der Waals surface area contributed by atoms with Gasteiger partial charge in [0, 0.05) is 17.5 Å². The number of hydrogen-bond donors (Lipinski definition) is 1. The molecule has 1 atom stereocenters. The first-order chi connectivity index (χ1) is 2.77. The molecule has 0 rings (SSSR count). The minimum atomic E-state index is -2.18. The molecule has 0 fully saturated rings. The van der Waals surface area contributed by atoms with Gasteiger partial charge in [0.05, 0.1) is 0 Å². The Balaban J connectivity index is 3.05. The quantitative estimate of drug-likeness (QED) is 0.483. The standard InChI is InChI=1S/C2H5NO2S/c1-2-3-6(4)5/h2-3H,1H2,(H,4,5)/p-1. The highest BCUT2D eigenvalue weighted by atomic mass is 32.2. The molecular weight excluding hydrogens is 102 g/mol. The van der Waals surface area contributed by atoms with Crippen molar-refractivity contribution in [1.82, 2.24) is 4.72 Å². The van der Waals surface area contributed by atoms with E-state index in [9.17, 15) is 8.76 Å². The normalized spacial score (nSPS) is 12.8. The van der Waals surface area contributed by atoms with E-state index in [0.29, 0.717) is 0 Å². The Labute approximate surface area is 38.5 Å². The molecule has 0 heterocycles. The highest BCUT2D eigenvalue weighted by Gasteiger charge is 1.60. The molecule has 1 N–H and O–H groups in total. The van der Waals surface area contributed by atoms with E-state index in [1.807, 2.05) is 4.72 Å². The molecule has 4 heteroatoms. The Bertz CT molecular complexity index is 71.9. The minimum absolute atomic E-state index is 1.09. The van der Waals surface area contributed by atoms with E-state index in [4.69, 9.17) is 0 Å². The van der Waals surface area contributed by atoms with Gasteiger partial charge in [-0.2, -0.15) is 0 Å². The first-order valence-corrected chi connectivity index (χ1v) is 2.31. The van der Waals surface area contributed by atoms with Crippen molar-refractivity contribution in [1.29, 1.82) is 0 Å². The molecule has 36 valence electrons. The van der Waals surface area contributed by atoms with E-state index in [-0.39, 0.29) is 0 Å². The molecule has 0 spiro atoms. The predicted molar refractivity (Wildman–Crippen MR) is 22.3 cm³/mol. The Kier molecular flexibility index (Phi) is 2.70. The van der Waals surface area contributed by atoms with Gasteiger partial charge in [-0.25, -0.2) is 0 Å². The lowest BCUT2D eigenvalue weighted by atomic mass is 11.1. The van der Waals surface area contributed by atoms with E-state index >= 15 is 0 Å². The smallest absolute Gasteiger partial charge is 0.0442 e. The summed E-state index contributed by atoms with van der Waals surface area (Å²) in [5.41, 5.74) is 0. The largest absolute Gasteiger partial charge is 0.755 e. The maximum absolute atomic E-state index is 9.42. The summed E-state index contributed by atoms with van der Waals surface area (Å²) in [6.45, 7) is 3.10. The Morgan fingerprint density at radius 2 is 2.50 bits per heavy atom. The Hall–Kier alpha value is -0.350. The zero-order valence-corrected chi connectivity index (χ0v) is 3.83. The van der Waals surface area contributed by atoms with Crippen LogP contribution in [0, 0.1) is 0 Å². The highest BCUT2D eigenvalue weighted by Crippen LogP contribution is 1.56. The van der Waals surface area contributed by atoms with Crippen LogP contribution in [0.2, 0.25) is 0 Å². The second-order valence-corrected chi connectivity index (χ2v) is 1.26. The Morgan fingerprint density at radius 1 is 2.00 bits per heavy atom. The van der Waals surface area contributed by atoms with Crippen molar-refractivity contribution in [3.05, 3.63) is 12.8 Å². The van der Waals surface area contributed by atoms with Gasteiger partial charge in [0.25, 0.3) is 0 Å². The molecule has 0 aliphatic rings. The molecule has 0 amide bonds. The van der Waals surface area contributed by atoms with Crippen molar-refractivity contribution >= 4 is 11.3 Å². The summed E-state index contributed by atoms with van der Waals surface area (Å²) in [6, 6.07) is 0. The molecule has 0 aromatic carbocycles. The summed E-state index contributed by atoms with van der Waals surface area (Å²) in [7, 11) is 0. The average Bonchev–Trinajstić information content (AvgIpc) is 1.35. The van der Waals surface area contributed by atoms with Crippen LogP contribution in [0.15, 0.2) is 12.8 Å². The van der Waals surface area contributed by atoms with Gasteiger partial charge < -0.3 is 9.27 Å². The van der Waals surface area contributed by atoms with Crippen LogP contribution in [0.1, 0.15) is 0 Å². The molecule has 6 heavy (non-hydrogen) atoms. The lowest BCUT2D eigenvalue weighted by Gasteiger charge is -1.98. The SMILES string of the molecule is C=CNS(=O)[O-]. The first-order valence-electron chi connectivity index (χ1n) is 1.23. The summed E-state index contributed by atoms with van der Waals surface area (Å²) < 4.78 is 20.7. The lowest BCUT2D eigenvalue weighted by Crippen LogP contribution is -2.06. The number of rotatable bonds is 2. The monoisotopic (exact) mass is 106 g/mol. The summed E-state index contributed by atoms with van der Waals surface area (Å²) in [4.78, 5) is 0. The molecule has 1 unspecified atom stereocenters. The van der Waals surface area contributed by atoms with Gasteiger partial charge in [-0.05, 0) is 0 Å². The fourth-order valence-corrected chi connectivity index (χ4v) is 0.204. The van der Waals surface area contributed by atoms with Gasteiger partial charge in [-0.15, -0.1) is 0 Å². The summed E-state index contributed by atoms with van der Waals surface area (Å²) in [6.07, 6.45) is 1.09. The maximum Gasteiger partial charge on any atom is 0.0442 e. The zero-order chi connectivity index (χ0) is 4.99. The Morgan fingerprint density at radius 3 is 2.50 bits per heavy atom. The van der Waals surface area contributed by atoms with Crippen LogP contribution in [-0.4, -0.2) is 8.76 Å². The topological polar surface area (TPSA) is 52.2 Å². The molecule has 0 saturated heterocycles. The highest BCUT2D eigenvalue weighted by molar-refractivity contribution is 7.77. The van der Waals surface area contributed by atoms with Crippen LogP contribution in [0.3, 0.4) is 0 Å². The third-order valence-corrected chi connectivity index (χ3v) is 0.539. The molecular formula is C2H4NO2S-. The predicted octanol–water partition coefficient (Wildman–Crippen LogP) is -0.486. The molecule has 0 radical (unpaired) electrons. The summed E-state index contributed by atoms with van der Waals surface area (Å²) in [5, 5.41) is 0. The van der Waals surface area contributed by atoms with Crippen LogP contribution in [-0.2, 0) is 11.3 Å². The van der Waals surface area contributed by atoms with Crippen molar-refractivity contribution in [2.45, 2.75) is 0 Å². The number of nitrogens with one attached hydrogen (secondary N) is 1. The van der Waals surface area contributed by atoms with Crippen LogP contribution in [0.5, 0.6) is 0 Å². The fraction of sp³-hybridized carbons (Fsp3) is 0. The second-order valence-electron chi connectivity index (χ2n) is 0.557. The lowest BCUT2D eigenvalue weighted by molar-refractivity contribution is 0.531. The van der Waals surface area contributed by atoms with Crippen LogP contribution in [0.25, 0.3) is 0 Å². The summed E-state index contributed by atoms with van der Waals surface area (Å²) in [5.74, 6) is 0. The van der Waals surface area contributed by atoms with Crippen LogP contribution >= 0.6 is 0 Å². The molecule has 0 aromatic rings. The molecule has 3 nitrogen and oxygen atoms in total. The van der Waals surface area contributed by atoms with Gasteiger partial charge in [-0.1, -0.05) is 6.58 Å². The van der Waals surface area contributed by atoms with Crippen molar-refractivity contribution < 1.29 is 8.76 Å². The van der Waals surface area contributed by atoms with Crippen molar-refractivity contribution in [3.8, 4) is 0 Å². The molecule has 0 bridgehead atoms. The van der Waals surface area contributed by atoms with E-state index in [2.05, 4.69) is 6.58 Å². The average molecular weight is 106 g/mol. The van der Waals surface area contributed by atoms with Crippen LogP contribution in [0.4, 0.5) is 0 Å². The third-order valence-electron chi connectivity index (χ3n) is 0.180. The van der Waals surface area contributed by atoms with E-state index in [0.717, 1.165) is 6.20 Å².